The van der Waals surface area contributed by atoms with E-state index in [1.807, 2.05) is 35.2 Å². The summed E-state index contributed by atoms with van der Waals surface area (Å²) in [6.07, 6.45) is 14.1. The van der Waals surface area contributed by atoms with E-state index in [2.05, 4.69) is 58.6 Å². The van der Waals surface area contributed by atoms with Crippen LogP contribution in [0.2, 0.25) is 0 Å². The maximum Gasteiger partial charge on any atom is 0.218 e. The van der Waals surface area contributed by atoms with Crippen LogP contribution in [0.3, 0.4) is 0 Å². The molecule has 1 fully saturated rings. The summed E-state index contributed by atoms with van der Waals surface area (Å²) in [4.78, 5) is 4.47. The number of hydrogen-bond donors (Lipinski definition) is 1. The van der Waals surface area contributed by atoms with Crippen molar-refractivity contribution in [2.24, 2.45) is 0 Å². The minimum absolute atomic E-state index is 0.357. The Morgan fingerprint density at radius 1 is 1.03 bits per heavy atom. The van der Waals surface area contributed by atoms with Crippen molar-refractivity contribution in [2.45, 2.75) is 70.6 Å². The van der Waals surface area contributed by atoms with Gasteiger partial charge < -0.3 is 14.3 Å². The molecule has 1 N–H and O–H groups in total. The van der Waals surface area contributed by atoms with E-state index in [1.54, 1.807) is 6.26 Å². The molecule has 0 bridgehead atoms. The van der Waals surface area contributed by atoms with Gasteiger partial charge in [0, 0.05) is 12.6 Å². The highest BCUT2D eigenvalue weighted by molar-refractivity contribution is 5.66. The van der Waals surface area contributed by atoms with Crippen LogP contribution in [0.15, 0.2) is 65.4 Å². The molecule has 1 saturated carbocycles. The summed E-state index contributed by atoms with van der Waals surface area (Å²) >= 11 is 0. The van der Waals surface area contributed by atoms with Crippen LogP contribution in [0, 0.1) is 6.92 Å². The van der Waals surface area contributed by atoms with Gasteiger partial charge in [-0.2, -0.15) is 0 Å². The van der Waals surface area contributed by atoms with Crippen molar-refractivity contribution in [1.29, 1.82) is 0 Å². The molecule has 7 heteroatoms. The molecule has 0 atom stereocenters. The van der Waals surface area contributed by atoms with E-state index in [-0.39, 0.29) is 0 Å². The van der Waals surface area contributed by atoms with Crippen LogP contribution in [0.4, 0.5) is 0 Å². The Morgan fingerprint density at radius 2 is 1.81 bits per heavy atom. The molecule has 1 aliphatic rings. The van der Waals surface area contributed by atoms with Gasteiger partial charge in [-0.25, -0.2) is 4.98 Å². The van der Waals surface area contributed by atoms with Gasteiger partial charge in [0.25, 0.3) is 0 Å². The second kappa shape index (κ2) is 11.6. The summed E-state index contributed by atoms with van der Waals surface area (Å²) in [6, 6.07) is 16.5. The minimum Gasteiger partial charge on any atom is -0.487 e. The lowest BCUT2D eigenvalue weighted by Crippen LogP contribution is -2.21. The van der Waals surface area contributed by atoms with Crippen molar-refractivity contribution in [2.75, 3.05) is 0 Å². The second-order valence-corrected chi connectivity index (χ2v) is 9.92. The third-order valence-corrected chi connectivity index (χ3v) is 6.92. The molecule has 0 saturated heterocycles. The molecule has 0 radical (unpaired) electrons. The van der Waals surface area contributed by atoms with E-state index in [1.165, 1.54) is 11.1 Å². The van der Waals surface area contributed by atoms with Gasteiger partial charge in [0.15, 0.2) is 0 Å². The summed E-state index contributed by atoms with van der Waals surface area (Å²) in [5.41, 5.74) is 4.32. The van der Waals surface area contributed by atoms with E-state index in [9.17, 15) is 5.11 Å². The lowest BCUT2D eigenvalue weighted by Gasteiger charge is -2.17. The van der Waals surface area contributed by atoms with Crippen LogP contribution < -0.4 is 4.74 Å². The zero-order valence-electron chi connectivity index (χ0n) is 21.3. The topological polar surface area (TPSA) is 86.2 Å². The molecule has 5 rings (SSSR count). The number of aryl methyl sites for hydroxylation is 3. The zero-order chi connectivity index (χ0) is 25.5. The van der Waals surface area contributed by atoms with Crippen LogP contribution >= 0.6 is 0 Å². The third-order valence-electron chi connectivity index (χ3n) is 6.92. The van der Waals surface area contributed by atoms with Crippen LogP contribution in [0.5, 0.6) is 5.75 Å². The van der Waals surface area contributed by atoms with Gasteiger partial charge >= 0.3 is 0 Å². The molecule has 2 heterocycles. The SMILES string of the molecule is Cc1ccc(/C=C/c2nc(COc3ccc(CCCCn4cc(C5(O)CCCC5)nn4)cc3)co2)cc1. The number of aromatic nitrogens is 4. The number of ether oxygens (including phenoxy) is 1. The van der Waals surface area contributed by atoms with Crippen LogP contribution in [0.1, 0.15) is 72.5 Å². The Balaban J connectivity index is 1.03. The molecule has 192 valence electrons. The van der Waals surface area contributed by atoms with Gasteiger partial charge in [-0.1, -0.05) is 60.0 Å². The molecular formula is C30H34N4O3. The normalized spacial score (nSPS) is 15.0. The number of aliphatic hydroxyl groups is 1. The van der Waals surface area contributed by atoms with Crippen molar-refractivity contribution in [1.82, 2.24) is 20.0 Å². The van der Waals surface area contributed by atoms with Crippen molar-refractivity contribution in [3.05, 3.63) is 95.0 Å². The fourth-order valence-corrected chi connectivity index (χ4v) is 4.66. The van der Waals surface area contributed by atoms with Crippen LogP contribution in [-0.2, 0) is 25.2 Å². The number of rotatable bonds is 11. The van der Waals surface area contributed by atoms with Gasteiger partial charge in [0.1, 0.15) is 35.6 Å². The summed E-state index contributed by atoms with van der Waals surface area (Å²) in [7, 11) is 0. The van der Waals surface area contributed by atoms with Gasteiger partial charge in [-0.15, -0.1) is 5.10 Å². The maximum atomic E-state index is 10.7. The Bertz CT molecular complexity index is 1300. The highest BCUT2D eigenvalue weighted by Crippen LogP contribution is 2.37. The molecule has 0 spiro atoms. The van der Waals surface area contributed by atoms with Gasteiger partial charge in [-0.05, 0) is 68.4 Å². The fraction of sp³-hybridized carbons (Fsp3) is 0.367. The monoisotopic (exact) mass is 498 g/mol. The van der Waals surface area contributed by atoms with Crippen molar-refractivity contribution < 1.29 is 14.3 Å². The molecule has 0 amide bonds. The molecule has 2 aromatic carbocycles. The smallest absolute Gasteiger partial charge is 0.218 e. The highest BCUT2D eigenvalue weighted by Gasteiger charge is 2.35. The van der Waals surface area contributed by atoms with Crippen molar-refractivity contribution >= 4 is 12.2 Å². The molecule has 2 aromatic heterocycles. The number of benzene rings is 2. The minimum atomic E-state index is -0.767. The maximum absolute atomic E-state index is 10.7. The Labute approximate surface area is 217 Å². The largest absolute Gasteiger partial charge is 0.487 e. The predicted octanol–water partition coefficient (Wildman–Crippen LogP) is 6.11. The second-order valence-electron chi connectivity index (χ2n) is 9.92. The summed E-state index contributed by atoms with van der Waals surface area (Å²) in [5.74, 6) is 1.37. The third kappa shape index (κ3) is 6.74. The highest BCUT2D eigenvalue weighted by atomic mass is 16.5. The first-order valence-corrected chi connectivity index (χ1v) is 13.1. The number of nitrogens with zero attached hydrogens (tertiary/aromatic N) is 4. The number of oxazole rings is 1. The number of hydrogen-bond acceptors (Lipinski definition) is 6. The van der Waals surface area contributed by atoms with Gasteiger partial charge in [0.2, 0.25) is 5.89 Å². The zero-order valence-corrected chi connectivity index (χ0v) is 21.3. The quantitative estimate of drug-likeness (QED) is 0.251. The molecular weight excluding hydrogens is 464 g/mol. The van der Waals surface area contributed by atoms with Gasteiger partial charge in [0.05, 0.1) is 6.20 Å². The van der Waals surface area contributed by atoms with Crippen LogP contribution in [-0.4, -0.2) is 25.1 Å². The Kier molecular flexibility index (Phi) is 7.80. The van der Waals surface area contributed by atoms with Crippen molar-refractivity contribution in [3.8, 4) is 5.75 Å². The van der Waals surface area contributed by atoms with E-state index in [4.69, 9.17) is 9.15 Å². The Hall–Kier alpha value is -3.71. The first-order chi connectivity index (χ1) is 18.1. The Morgan fingerprint density at radius 3 is 2.59 bits per heavy atom. The van der Waals surface area contributed by atoms with E-state index >= 15 is 0 Å². The average molecular weight is 499 g/mol. The van der Waals surface area contributed by atoms with Crippen molar-refractivity contribution in [3.63, 3.8) is 0 Å². The molecule has 0 aliphatic heterocycles. The van der Waals surface area contributed by atoms with Crippen LogP contribution in [0.25, 0.3) is 12.2 Å². The van der Waals surface area contributed by atoms with E-state index < -0.39 is 5.60 Å². The molecule has 0 unspecified atom stereocenters. The first kappa shape index (κ1) is 25.0. The lowest BCUT2D eigenvalue weighted by molar-refractivity contribution is 0.0398. The lowest BCUT2D eigenvalue weighted by atomic mass is 9.99. The summed E-state index contributed by atoms with van der Waals surface area (Å²) < 4.78 is 13.3. The summed E-state index contributed by atoms with van der Waals surface area (Å²) in [5, 5.41) is 19.1. The standard InChI is InChI=1S/C30H34N4O3/c1-23-7-9-25(10-8-23)13-16-29-31-26(22-37-29)21-36-27-14-11-24(12-15-27)6-2-5-19-34-20-28(32-33-34)30(35)17-3-4-18-30/h7-16,20,22,35H,2-6,17-19,21H2,1H3/b16-13+. The average Bonchev–Trinajstić information content (AvgIpc) is 3.68. The fourth-order valence-electron chi connectivity index (χ4n) is 4.66. The number of unbranched alkanes of at least 4 members (excludes halogenated alkanes) is 1. The molecule has 7 nitrogen and oxygen atoms in total. The predicted molar refractivity (Wildman–Crippen MR) is 143 cm³/mol. The molecule has 37 heavy (non-hydrogen) atoms. The van der Waals surface area contributed by atoms with Gasteiger partial charge in [-0.3, -0.25) is 4.68 Å². The summed E-state index contributed by atoms with van der Waals surface area (Å²) in [6.45, 7) is 3.24. The first-order valence-electron chi connectivity index (χ1n) is 13.1. The van der Waals surface area contributed by atoms with E-state index in [0.717, 1.165) is 74.2 Å². The molecule has 1 aliphatic carbocycles. The van der Waals surface area contributed by atoms with E-state index in [0.29, 0.717) is 12.5 Å². The molecule has 4 aromatic rings.